The van der Waals surface area contributed by atoms with Crippen molar-refractivity contribution in [3.05, 3.63) is 65.0 Å². The first-order valence-electron chi connectivity index (χ1n) is 10.4. The second-order valence-corrected chi connectivity index (χ2v) is 8.15. The van der Waals surface area contributed by atoms with Crippen molar-refractivity contribution in [1.82, 2.24) is 14.3 Å². The highest BCUT2D eigenvalue weighted by molar-refractivity contribution is 5.84. The van der Waals surface area contributed by atoms with Gasteiger partial charge in [0.05, 0.1) is 11.3 Å². The highest BCUT2D eigenvalue weighted by atomic mass is 19.1. The van der Waals surface area contributed by atoms with E-state index in [1.807, 2.05) is 12.1 Å². The van der Waals surface area contributed by atoms with E-state index in [2.05, 4.69) is 20.9 Å². The summed E-state index contributed by atoms with van der Waals surface area (Å²) in [6, 6.07) is 11.3. The number of pyridine rings is 1. The van der Waals surface area contributed by atoms with E-state index < -0.39 is 11.4 Å². The van der Waals surface area contributed by atoms with Crippen molar-refractivity contribution in [2.75, 3.05) is 31.1 Å². The van der Waals surface area contributed by atoms with E-state index in [9.17, 15) is 9.18 Å². The predicted octanol–water partition coefficient (Wildman–Crippen LogP) is 3.53. The predicted molar refractivity (Wildman–Crippen MR) is 113 cm³/mol. The Labute approximate surface area is 172 Å². The Morgan fingerprint density at radius 1 is 1.07 bits per heavy atom. The molecule has 0 radical (unpaired) electrons. The first kappa shape index (κ1) is 17.7. The summed E-state index contributed by atoms with van der Waals surface area (Å²) in [6.45, 7) is 4.38. The molecule has 3 fully saturated rings. The van der Waals surface area contributed by atoms with Crippen LogP contribution in [0, 0.1) is 5.82 Å². The zero-order valence-corrected chi connectivity index (χ0v) is 16.4. The molecule has 1 aromatic carbocycles. The van der Waals surface area contributed by atoms with Crippen LogP contribution in [-0.4, -0.2) is 46.5 Å². The maximum Gasteiger partial charge on any atom is 0.345 e. The summed E-state index contributed by atoms with van der Waals surface area (Å²) in [5.41, 5.74) is 2.12. The summed E-state index contributed by atoms with van der Waals surface area (Å²) < 4.78 is 21.2. The summed E-state index contributed by atoms with van der Waals surface area (Å²) in [7, 11) is 0. The van der Waals surface area contributed by atoms with E-state index in [1.54, 1.807) is 28.9 Å². The molecule has 0 unspecified atom stereocenters. The van der Waals surface area contributed by atoms with Crippen LogP contribution in [0.2, 0.25) is 0 Å². The lowest BCUT2D eigenvalue weighted by Crippen LogP contribution is -2.37. The summed E-state index contributed by atoms with van der Waals surface area (Å²) in [5, 5.41) is 0.828. The van der Waals surface area contributed by atoms with Crippen LogP contribution in [0.5, 0.6) is 0 Å². The lowest BCUT2D eigenvalue weighted by Gasteiger charge is -2.33. The molecule has 0 N–H and O–H groups in total. The van der Waals surface area contributed by atoms with Gasteiger partial charge < -0.3 is 18.6 Å². The molecule has 6 heterocycles. The molecular weight excluding hydrogens is 383 g/mol. The average Bonchev–Trinajstić information content (AvgIpc) is 2.97. The van der Waals surface area contributed by atoms with Crippen molar-refractivity contribution in [2.24, 2.45) is 0 Å². The number of rotatable bonds is 2. The van der Waals surface area contributed by atoms with Crippen LogP contribution >= 0.6 is 0 Å². The van der Waals surface area contributed by atoms with Crippen molar-refractivity contribution in [1.29, 1.82) is 0 Å². The molecule has 0 amide bonds. The monoisotopic (exact) mass is 404 g/mol. The van der Waals surface area contributed by atoms with Gasteiger partial charge in [-0.1, -0.05) is 0 Å². The number of hydrogen-bond acceptors (Lipinski definition) is 5. The van der Waals surface area contributed by atoms with Crippen molar-refractivity contribution in [3.63, 3.8) is 0 Å². The minimum Gasteiger partial charge on any atom is -0.422 e. The van der Waals surface area contributed by atoms with Crippen LogP contribution < -0.4 is 10.5 Å². The van der Waals surface area contributed by atoms with Crippen LogP contribution in [0.15, 0.2) is 58.0 Å². The van der Waals surface area contributed by atoms with Crippen LogP contribution in [0.25, 0.3) is 27.9 Å². The van der Waals surface area contributed by atoms with Gasteiger partial charge in [-0.05, 0) is 43.2 Å². The number of benzene rings is 1. The molecule has 3 aliphatic rings. The number of fused-ring (bicyclic) bond motifs is 6. The number of hydrogen-bond donors (Lipinski definition) is 0. The van der Waals surface area contributed by atoms with E-state index in [0.717, 1.165) is 37.3 Å². The molecule has 7 heteroatoms. The molecule has 0 spiro atoms. The third-order valence-corrected chi connectivity index (χ3v) is 6.42. The third-order valence-electron chi connectivity index (χ3n) is 6.42. The molecule has 6 nitrogen and oxygen atoms in total. The third kappa shape index (κ3) is 2.81. The zero-order chi connectivity index (χ0) is 20.2. The molecule has 3 aliphatic heterocycles. The fraction of sp³-hybridized carbons (Fsp3) is 0.304. The Morgan fingerprint density at radius 3 is 2.77 bits per heavy atom. The minimum atomic E-state index is -0.466. The first-order valence-corrected chi connectivity index (χ1v) is 10.4. The maximum absolute atomic E-state index is 14.0. The normalized spacial score (nSPS) is 21.4. The first-order chi connectivity index (χ1) is 14.7. The van der Waals surface area contributed by atoms with Gasteiger partial charge >= 0.3 is 5.63 Å². The molecule has 30 heavy (non-hydrogen) atoms. The Balaban J connectivity index is 1.41. The molecule has 2 bridgehead atoms. The number of piperidine rings is 1. The summed E-state index contributed by atoms with van der Waals surface area (Å²) in [5.74, 6) is -0.429. The van der Waals surface area contributed by atoms with Crippen molar-refractivity contribution in [3.8, 4) is 11.3 Å². The van der Waals surface area contributed by atoms with E-state index in [0.29, 0.717) is 22.9 Å². The Kier molecular flexibility index (Phi) is 3.92. The number of nitrogens with zero attached hydrogens (tertiary/aromatic N) is 4. The topological polar surface area (TPSA) is 54.0 Å². The van der Waals surface area contributed by atoms with Gasteiger partial charge in [-0.2, -0.15) is 0 Å². The van der Waals surface area contributed by atoms with Crippen LogP contribution in [0.4, 0.5) is 10.1 Å². The standard InChI is InChI=1S/C23H21FN4O2/c24-19-2-1-7-27-14-20(25-22(19)27)18-12-15-3-4-17(13-21(15)30-23(18)29)28-11-10-26-8-5-16(28)6-9-26/h1-4,7,12-14,16H,5-6,8-11H2. The Hall–Kier alpha value is -3.19. The van der Waals surface area contributed by atoms with Gasteiger partial charge in [0.1, 0.15) is 5.58 Å². The van der Waals surface area contributed by atoms with Crippen molar-refractivity contribution >= 4 is 22.3 Å². The average molecular weight is 404 g/mol. The van der Waals surface area contributed by atoms with Gasteiger partial charge in [0.25, 0.3) is 0 Å². The molecule has 0 aliphatic carbocycles. The molecule has 4 aromatic rings. The fourth-order valence-electron chi connectivity index (χ4n) is 4.79. The van der Waals surface area contributed by atoms with Gasteiger partial charge in [-0.15, -0.1) is 0 Å². The highest BCUT2D eigenvalue weighted by Gasteiger charge is 2.29. The Bertz CT molecular complexity index is 1320. The van der Waals surface area contributed by atoms with Crippen LogP contribution in [0.1, 0.15) is 12.8 Å². The van der Waals surface area contributed by atoms with Crippen LogP contribution in [0.3, 0.4) is 0 Å². The van der Waals surface area contributed by atoms with E-state index in [-0.39, 0.29) is 5.65 Å². The number of imidazole rings is 1. The van der Waals surface area contributed by atoms with E-state index in [1.165, 1.54) is 18.9 Å². The fourth-order valence-corrected chi connectivity index (χ4v) is 4.79. The second-order valence-electron chi connectivity index (χ2n) is 8.15. The summed E-state index contributed by atoms with van der Waals surface area (Å²) in [4.78, 5) is 22.0. The summed E-state index contributed by atoms with van der Waals surface area (Å²) >= 11 is 0. The molecule has 152 valence electrons. The van der Waals surface area contributed by atoms with Gasteiger partial charge in [0.15, 0.2) is 11.5 Å². The van der Waals surface area contributed by atoms with Gasteiger partial charge in [-0.3, -0.25) is 0 Å². The highest BCUT2D eigenvalue weighted by Crippen LogP contribution is 2.30. The maximum atomic E-state index is 14.0. The quantitative estimate of drug-likeness (QED) is 0.479. The van der Waals surface area contributed by atoms with E-state index >= 15 is 0 Å². The minimum absolute atomic E-state index is 0.189. The second kappa shape index (κ2) is 6.67. The number of halogens is 1. The van der Waals surface area contributed by atoms with Crippen molar-refractivity contribution < 1.29 is 8.81 Å². The summed E-state index contributed by atoms with van der Waals surface area (Å²) in [6.07, 6.45) is 5.69. The largest absolute Gasteiger partial charge is 0.422 e. The van der Waals surface area contributed by atoms with Crippen LogP contribution in [-0.2, 0) is 0 Å². The van der Waals surface area contributed by atoms with Gasteiger partial charge in [-0.25, -0.2) is 14.2 Å². The number of anilines is 1. The molecule has 7 rings (SSSR count). The molecule has 0 saturated carbocycles. The van der Waals surface area contributed by atoms with Gasteiger partial charge in [0, 0.05) is 61.8 Å². The van der Waals surface area contributed by atoms with Crippen molar-refractivity contribution in [2.45, 2.75) is 18.9 Å². The molecule has 0 atom stereocenters. The molecule has 3 aromatic heterocycles. The lowest BCUT2D eigenvalue weighted by molar-refractivity contribution is 0.250. The molecule has 3 saturated heterocycles. The SMILES string of the molecule is O=c1oc2cc(N3CCN4CCC3CC4)ccc2cc1-c1cn2cccc(F)c2n1. The smallest absolute Gasteiger partial charge is 0.345 e. The van der Waals surface area contributed by atoms with E-state index in [4.69, 9.17) is 4.42 Å². The zero-order valence-electron chi connectivity index (χ0n) is 16.4. The Morgan fingerprint density at radius 2 is 1.93 bits per heavy atom. The number of aromatic nitrogens is 2. The molecular formula is C23H21FN4O2. The lowest BCUT2D eigenvalue weighted by atomic mass is 10.0. The van der Waals surface area contributed by atoms with Gasteiger partial charge in [0.2, 0.25) is 0 Å².